The average Bonchev–Trinajstić information content (AvgIpc) is 2.51. The lowest BCUT2D eigenvalue weighted by molar-refractivity contribution is -0.123. The zero-order chi connectivity index (χ0) is 18.4. The van der Waals surface area contributed by atoms with Crippen LogP contribution in [0.5, 0.6) is 0 Å². The van der Waals surface area contributed by atoms with Crippen molar-refractivity contribution in [1.29, 1.82) is 0 Å². The molecule has 1 atom stereocenters. The fourth-order valence-corrected chi connectivity index (χ4v) is 4.92. The Hall–Kier alpha value is -0.820. The fourth-order valence-electron chi connectivity index (χ4n) is 2.96. The third kappa shape index (κ3) is 6.13. The number of benzene rings is 1. The summed E-state index contributed by atoms with van der Waals surface area (Å²) >= 11 is 11.8. The summed E-state index contributed by atoms with van der Waals surface area (Å²) in [7, 11) is -3.94. The van der Waals surface area contributed by atoms with Crippen LogP contribution in [-0.4, -0.2) is 26.4 Å². The summed E-state index contributed by atoms with van der Waals surface area (Å²) in [5, 5.41) is 3.28. The maximum atomic E-state index is 12.5. The molecular formula is C17H24Cl2N2O3S. The number of hydrogen-bond donors (Lipinski definition) is 2. The van der Waals surface area contributed by atoms with E-state index in [2.05, 4.69) is 10.0 Å². The van der Waals surface area contributed by atoms with Crippen molar-refractivity contribution in [1.82, 2.24) is 10.0 Å². The maximum absolute atomic E-state index is 12.5. The molecule has 0 unspecified atom stereocenters. The summed E-state index contributed by atoms with van der Waals surface area (Å²) < 4.78 is 27.3. The van der Waals surface area contributed by atoms with Crippen LogP contribution in [-0.2, 0) is 14.8 Å². The average molecular weight is 407 g/mol. The number of rotatable bonds is 5. The van der Waals surface area contributed by atoms with Crippen molar-refractivity contribution in [3.63, 3.8) is 0 Å². The van der Waals surface area contributed by atoms with Crippen molar-refractivity contribution in [2.75, 3.05) is 0 Å². The van der Waals surface area contributed by atoms with Crippen molar-refractivity contribution in [3.8, 4) is 0 Å². The zero-order valence-electron chi connectivity index (χ0n) is 14.2. The van der Waals surface area contributed by atoms with Crippen LogP contribution in [0, 0.1) is 0 Å². The molecular weight excluding hydrogens is 383 g/mol. The molecule has 1 saturated carbocycles. The highest BCUT2D eigenvalue weighted by molar-refractivity contribution is 7.89. The summed E-state index contributed by atoms with van der Waals surface area (Å²) in [6, 6.07) is 3.40. The molecule has 0 heterocycles. The molecule has 8 heteroatoms. The van der Waals surface area contributed by atoms with Crippen LogP contribution in [0.25, 0.3) is 0 Å². The molecule has 140 valence electrons. The van der Waals surface area contributed by atoms with Crippen LogP contribution >= 0.6 is 23.2 Å². The number of carbonyl (C=O) groups excluding carboxylic acids is 1. The Kier molecular flexibility index (Phi) is 7.55. The lowest BCUT2D eigenvalue weighted by Gasteiger charge is -2.23. The second-order valence-electron chi connectivity index (χ2n) is 6.47. The predicted molar refractivity (Wildman–Crippen MR) is 100 cm³/mol. The molecule has 1 aliphatic rings. The Morgan fingerprint density at radius 2 is 1.72 bits per heavy atom. The van der Waals surface area contributed by atoms with Gasteiger partial charge in [-0.2, -0.15) is 4.72 Å². The summed E-state index contributed by atoms with van der Waals surface area (Å²) in [4.78, 5) is 12.2. The quantitative estimate of drug-likeness (QED) is 0.778. The second kappa shape index (κ2) is 9.21. The lowest BCUT2D eigenvalue weighted by Crippen LogP contribution is -2.48. The lowest BCUT2D eigenvalue weighted by atomic mass is 9.96. The van der Waals surface area contributed by atoms with Gasteiger partial charge in [0.25, 0.3) is 0 Å². The summed E-state index contributed by atoms with van der Waals surface area (Å²) in [5.41, 5.74) is 0. The molecule has 2 rings (SSSR count). The van der Waals surface area contributed by atoms with E-state index in [1.165, 1.54) is 44.4 Å². The molecule has 25 heavy (non-hydrogen) atoms. The molecule has 1 fully saturated rings. The standard InChI is InChI=1S/C17H24Cl2N2O3S/c1-12(17(22)20-14-7-5-3-2-4-6-8-14)21-25(23,24)16-11-13(18)9-10-15(16)19/h9-12,14,21H,2-8H2,1H3,(H,20,22)/t12-/m0/s1. The van der Waals surface area contributed by atoms with Gasteiger partial charge in [-0.1, -0.05) is 55.3 Å². The molecule has 1 aliphatic carbocycles. The zero-order valence-corrected chi connectivity index (χ0v) is 16.6. The molecule has 0 aromatic heterocycles. The predicted octanol–water partition coefficient (Wildman–Crippen LogP) is 3.89. The minimum absolute atomic E-state index is 0.0597. The van der Waals surface area contributed by atoms with Gasteiger partial charge in [-0.25, -0.2) is 8.42 Å². The number of halogens is 2. The van der Waals surface area contributed by atoms with Crippen LogP contribution < -0.4 is 10.0 Å². The van der Waals surface area contributed by atoms with Crippen molar-refractivity contribution >= 4 is 39.1 Å². The molecule has 0 radical (unpaired) electrons. The summed E-state index contributed by atoms with van der Waals surface area (Å²) in [6.45, 7) is 1.52. The van der Waals surface area contributed by atoms with Gasteiger partial charge in [-0.15, -0.1) is 0 Å². The van der Waals surface area contributed by atoms with Gasteiger partial charge in [0.1, 0.15) is 4.90 Å². The molecule has 0 spiro atoms. The minimum atomic E-state index is -3.94. The van der Waals surface area contributed by atoms with E-state index in [1.54, 1.807) is 0 Å². The molecule has 1 amide bonds. The first-order valence-corrected chi connectivity index (χ1v) is 10.8. The number of nitrogens with one attached hydrogen (secondary N) is 2. The molecule has 0 aliphatic heterocycles. The number of amides is 1. The monoisotopic (exact) mass is 406 g/mol. The fraction of sp³-hybridized carbons (Fsp3) is 0.588. The van der Waals surface area contributed by atoms with Crippen molar-refractivity contribution in [2.45, 2.75) is 68.8 Å². The molecule has 1 aromatic rings. The first kappa shape index (κ1) is 20.5. The van der Waals surface area contributed by atoms with Gasteiger partial charge in [0.05, 0.1) is 11.1 Å². The van der Waals surface area contributed by atoms with Gasteiger partial charge in [0, 0.05) is 11.1 Å². The van der Waals surface area contributed by atoms with E-state index < -0.39 is 16.1 Å². The Labute approximate surface area is 159 Å². The Bertz CT molecular complexity index is 702. The van der Waals surface area contributed by atoms with Gasteiger partial charge in [-0.3, -0.25) is 4.79 Å². The largest absolute Gasteiger partial charge is 0.352 e. The topological polar surface area (TPSA) is 75.3 Å². The molecule has 0 bridgehead atoms. The first-order chi connectivity index (χ1) is 11.8. The van der Waals surface area contributed by atoms with Gasteiger partial charge >= 0.3 is 0 Å². The Balaban J connectivity index is 2.00. The minimum Gasteiger partial charge on any atom is -0.352 e. The second-order valence-corrected chi connectivity index (χ2v) is 8.99. The highest BCUT2D eigenvalue weighted by atomic mass is 35.5. The van der Waals surface area contributed by atoms with Gasteiger partial charge in [0.2, 0.25) is 15.9 Å². The smallest absolute Gasteiger partial charge is 0.242 e. The summed E-state index contributed by atoms with van der Waals surface area (Å²) in [5.74, 6) is -0.327. The van der Waals surface area contributed by atoms with Gasteiger partial charge < -0.3 is 5.32 Å². The van der Waals surface area contributed by atoms with Crippen molar-refractivity contribution in [3.05, 3.63) is 28.2 Å². The van der Waals surface area contributed by atoms with E-state index in [1.807, 2.05) is 0 Å². The normalized spacial score (nSPS) is 18.2. The highest BCUT2D eigenvalue weighted by Gasteiger charge is 2.25. The van der Waals surface area contributed by atoms with Gasteiger partial charge in [0.15, 0.2) is 0 Å². The van der Waals surface area contributed by atoms with Crippen molar-refractivity contribution in [2.24, 2.45) is 0 Å². The third-order valence-corrected chi connectivity index (χ3v) is 6.62. The number of sulfonamides is 1. The first-order valence-electron chi connectivity index (χ1n) is 8.57. The Morgan fingerprint density at radius 3 is 2.36 bits per heavy atom. The number of hydrogen-bond acceptors (Lipinski definition) is 3. The van der Waals surface area contributed by atoms with E-state index in [0.717, 1.165) is 25.7 Å². The van der Waals surface area contributed by atoms with Crippen LogP contribution in [0.1, 0.15) is 51.9 Å². The van der Waals surface area contributed by atoms with E-state index >= 15 is 0 Å². The molecule has 2 N–H and O–H groups in total. The van der Waals surface area contributed by atoms with Crippen LogP contribution in [0.15, 0.2) is 23.1 Å². The summed E-state index contributed by atoms with van der Waals surface area (Å²) in [6.07, 6.45) is 7.66. The van der Waals surface area contributed by atoms with E-state index in [-0.39, 0.29) is 26.9 Å². The van der Waals surface area contributed by atoms with Gasteiger partial charge in [-0.05, 0) is 38.0 Å². The van der Waals surface area contributed by atoms with Crippen LogP contribution in [0.3, 0.4) is 0 Å². The third-order valence-electron chi connectivity index (χ3n) is 4.36. The van der Waals surface area contributed by atoms with E-state index in [0.29, 0.717) is 0 Å². The molecule has 1 aromatic carbocycles. The number of carbonyl (C=O) groups is 1. The van der Waals surface area contributed by atoms with E-state index in [9.17, 15) is 13.2 Å². The Morgan fingerprint density at radius 1 is 1.12 bits per heavy atom. The molecule has 5 nitrogen and oxygen atoms in total. The SMILES string of the molecule is C[C@H](NS(=O)(=O)c1cc(Cl)ccc1Cl)C(=O)NC1CCCCCCC1. The maximum Gasteiger partial charge on any atom is 0.242 e. The molecule has 0 saturated heterocycles. The van der Waals surface area contributed by atoms with Crippen LogP contribution in [0.2, 0.25) is 10.0 Å². The van der Waals surface area contributed by atoms with E-state index in [4.69, 9.17) is 23.2 Å². The van der Waals surface area contributed by atoms with Crippen LogP contribution in [0.4, 0.5) is 0 Å². The highest BCUT2D eigenvalue weighted by Crippen LogP contribution is 2.25. The van der Waals surface area contributed by atoms with Crippen molar-refractivity contribution < 1.29 is 13.2 Å².